The number of halogens is 1. The van der Waals surface area contributed by atoms with Gasteiger partial charge in [-0.2, -0.15) is 4.99 Å². The van der Waals surface area contributed by atoms with E-state index in [2.05, 4.69) is 20.9 Å². The summed E-state index contributed by atoms with van der Waals surface area (Å²) in [4.78, 5) is 19.7. The van der Waals surface area contributed by atoms with Gasteiger partial charge in [-0.05, 0) is 28.1 Å². The summed E-state index contributed by atoms with van der Waals surface area (Å²) in [5.74, 6) is 0.362. The summed E-state index contributed by atoms with van der Waals surface area (Å²) in [5.41, 5.74) is 0.564. The van der Waals surface area contributed by atoms with Gasteiger partial charge in [-0.25, -0.2) is 0 Å². The van der Waals surface area contributed by atoms with Gasteiger partial charge in [-0.1, -0.05) is 12.1 Å². The molecular weight excluding hydrogens is 282 g/mol. The third kappa shape index (κ3) is 3.56. The number of aliphatic imine (C=N–C) groups is 1. The second kappa shape index (κ2) is 5.82. The monoisotopic (exact) mass is 297 g/mol. The molecule has 0 unspecified atom stereocenters. The summed E-state index contributed by atoms with van der Waals surface area (Å²) in [6.07, 6.45) is 0. The Hall–Kier alpha value is -1.36. The summed E-state index contributed by atoms with van der Waals surface area (Å²) in [6.45, 7) is 0. The maximum Gasteiger partial charge on any atom is 0.281 e. The Morgan fingerprint density at radius 1 is 1.12 bits per heavy atom. The van der Waals surface area contributed by atoms with E-state index in [-0.39, 0.29) is 5.91 Å². The maximum absolute atomic E-state index is 12.0. The van der Waals surface area contributed by atoms with E-state index >= 15 is 0 Å². The van der Waals surface area contributed by atoms with Gasteiger partial charge >= 0.3 is 0 Å². The normalized spacial score (nSPS) is 9.71. The largest absolute Gasteiger partial charge is 0.349 e. The topological polar surface area (TPSA) is 35.9 Å². The second-order valence-corrected chi connectivity index (χ2v) is 4.84. The zero-order valence-corrected chi connectivity index (χ0v) is 12.0. The predicted molar refractivity (Wildman–Crippen MR) is 73.3 cm³/mol. The lowest BCUT2D eigenvalue weighted by Gasteiger charge is -2.22. The van der Waals surface area contributed by atoms with Crippen LogP contribution >= 0.6 is 15.9 Å². The second-order valence-electron chi connectivity index (χ2n) is 3.99. The molecule has 0 aliphatic heterocycles. The summed E-state index contributed by atoms with van der Waals surface area (Å²) in [5, 5.41) is 0. The highest BCUT2D eigenvalue weighted by molar-refractivity contribution is 9.10. The van der Waals surface area contributed by atoms with Crippen molar-refractivity contribution in [3.8, 4) is 0 Å². The SMILES string of the molecule is CN(C)C(=NC(=O)c1ccccc1Br)N(C)C. The van der Waals surface area contributed by atoms with Crippen molar-refractivity contribution < 1.29 is 4.79 Å². The van der Waals surface area contributed by atoms with Crippen LogP contribution in [0.5, 0.6) is 0 Å². The van der Waals surface area contributed by atoms with Crippen molar-refractivity contribution in [3.63, 3.8) is 0 Å². The standard InChI is InChI=1S/C12H16BrN3O/c1-15(2)12(16(3)4)14-11(17)9-7-5-6-8-10(9)13/h5-8H,1-4H3. The fourth-order valence-electron chi connectivity index (χ4n) is 1.39. The summed E-state index contributed by atoms with van der Waals surface area (Å²) < 4.78 is 0.755. The molecule has 1 rings (SSSR count). The van der Waals surface area contributed by atoms with E-state index in [9.17, 15) is 4.79 Å². The molecule has 1 aromatic rings. The first-order valence-corrected chi connectivity index (χ1v) is 5.95. The Labute approximate surface area is 110 Å². The smallest absolute Gasteiger partial charge is 0.281 e. The van der Waals surface area contributed by atoms with E-state index in [0.717, 1.165) is 4.47 Å². The molecule has 0 saturated heterocycles. The highest BCUT2D eigenvalue weighted by Gasteiger charge is 2.12. The molecule has 1 amide bonds. The molecule has 0 atom stereocenters. The average molecular weight is 298 g/mol. The van der Waals surface area contributed by atoms with Gasteiger partial charge < -0.3 is 9.80 Å². The van der Waals surface area contributed by atoms with Crippen LogP contribution in [0.2, 0.25) is 0 Å². The Bertz CT molecular complexity index is 431. The van der Waals surface area contributed by atoms with Crippen LogP contribution in [0.15, 0.2) is 33.7 Å². The molecule has 92 valence electrons. The van der Waals surface area contributed by atoms with Gasteiger partial charge in [0.2, 0.25) is 5.96 Å². The number of carbonyl (C=O) groups excluding carboxylic acids is 1. The van der Waals surface area contributed by atoms with E-state index < -0.39 is 0 Å². The Morgan fingerprint density at radius 3 is 2.12 bits per heavy atom. The number of hydrogen-bond donors (Lipinski definition) is 0. The molecule has 1 aromatic carbocycles. The van der Waals surface area contributed by atoms with Crippen molar-refractivity contribution in [1.29, 1.82) is 0 Å². The van der Waals surface area contributed by atoms with Crippen LogP contribution in [0, 0.1) is 0 Å². The molecule has 17 heavy (non-hydrogen) atoms. The van der Waals surface area contributed by atoms with Gasteiger partial charge in [0.15, 0.2) is 0 Å². The lowest BCUT2D eigenvalue weighted by Crippen LogP contribution is -2.36. The van der Waals surface area contributed by atoms with Crippen LogP contribution in [-0.4, -0.2) is 49.9 Å². The summed E-state index contributed by atoms with van der Waals surface area (Å²) >= 11 is 3.34. The molecule has 0 saturated carbocycles. The summed E-state index contributed by atoms with van der Waals surface area (Å²) in [6, 6.07) is 7.26. The lowest BCUT2D eigenvalue weighted by molar-refractivity contribution is 0.0999. The Kier molecular flexibility index (Phi) is 4.69. The molecule has 0 heterocycles. The summed E-state index contributed by atoms with van der Waals surface area (Å²) in [7, 11) is 7.41. The molecule has 0 N–H and O–H groups in total. The number of amides is 1. The molecular formula is C12H16BrN3O. The molecule has 0 bridgehead atoms. The van der Waals surface area contributed by atoms with E-state index in [4.69, 9.17) is 0 Å². The molecule has 0 aliphatic carbocycles. The molecule has 4 nitrogen and oxygen atoms in total. The first-order chi connectivity index (χ1) is 7.93. The lowest BCUT2D eigenvalue weighted by atomic mass is 10.2. The Morgan fingerprint density at radius 2 is 1.65 bits per heavy atom. The van der Waals surface area contributed by atoms with Crippen molar-refractivity contribution in [1.82, 2.24) is 9.80 Å². The maximum atomic E-state index is 12.0. The van der Waals surface area contributed by atoms with Crippen LogP contribution in [0.25, 0.3) is 0 Å². The van der Waals surface area contributed by atoms with Gasteiger partial charge in [-0.3, -0.25) is 4.79 Å². The van der Waals surface area contributed by atoms with E-state index in [1.54, 1.807) is 15.9 Å². The fraction of sp³-hybridized carbons (Fsp3) is 0.333. The van der Waals surface area contributed by atoms with Crippen molar-refractivity contribution >= 4 is 27.8 Å². The van der Waals surface area contributed by atoms with Crippen molar-refractivity contribution in [2.24, 2.45) is 4.99 Å². The zero-order valence-electron chi connectivity index (χ0n) is 10.4. The minimum Gasteiger partial charge on any atom is -0.349 e. The van der Waals surface area contributed by atoms with Gasteiger partial charge in [0.1, 0.15) is 0 Å². The first-order valence-electron chi connectivity index (χ1n) is 5.15. The van der Waals surface area contributed by atoms with Gasteiger partial charge in [0.05, 0.1) is 5.56 Å². The highest BCUT2D eigenvalue weighted by Crippen LogP contribution is 2.16. The van der Waals surface area contributed by atoms with Crippen LogP contribution in [0.3, 0.4) is 0 Å². The van der Waals surface area contributed by atoms with E-state index in [1.165, 1.54) is 0 Å². The number of hydrogen-bond acceptors (Lipinski definition) is 1. The van der Waals surface area contributed by atoms with E-state index in [1.807, 2.05) is 46.4 Å². The number of benzene rings is 1. The predicted octanol–water partition coefficient (Wildman–Crippen LogP) is 2.07. The highest BCUT2D eigenvalue weighted by atomic mass is 79.9. The van der Waals surface area contributed by atoms with Crippen LogP contribution in [-0.2, 0) is 0 Å². The molecule has 0 aromatic heterocycles. The quantitative estimate of drug-likeness (QED) is 0.588. The fourth-order valence-corrected chi connectivity index (χ4v) is 1.84. The average Bonchev–Trinajstić information content (AvgIpc) is 2.25. The van der Waals surface area contributed by atoms with Gasteiger partial charge in [0.25, 0.3) is 5.91 Å². The van der Waals surface area contributed by atoms with Gasteiger partial charge in [-0.15, -0.1) is 0 Å². The van der Waals surface area contributed by atoms with Gasteiger partial charge in [0, 0.05) is 32.7 Å². The molecule has 5 heteroatoms. The number of carbonyl (C=O) groups is 1. The number of rotatable bonds is 1. The van der Waals surface area contributed by atoms with Crippen molar-refractivity contribution in [3.05, 3.63) is 34.3 Å². The van der Waals surface area contributed by atoms with Crippen LogP contribution < -0.4 is 0 Å². The van der Waals surface area contributed by atoms with E-state index in [0.29, 0.717) is 11.5 Å². The Balaban J connectivity index is 3.06. The van der Waals surface area contributed by atoms with Crippen LogP contribution in [0.4, 0.5) is 0 Å². The minimum absolute atomic E-state index is 0.255. The molecule has 0 aliphatic rings. The third-order valence-corrected chi connectivity index (χ3v) is 2.80. The zero-order chi connectivity index (χ0) is 13.0. The molecule has 0 radical (unpaired) electrons. The first kappa shape index (κ1) is 13.7. The van der Waals surface area contributed by atoms with Crippen molar-refractivity contribution in [2.45, 2.75) is 0 Å². The number of nitrogens with zero attached hydrogens (tertiary/aromatic N) is 3. The van der Waals surface area contributed by atoms with Crippen LogP contribution in [0.1, 0.15) is 10.4 Å². The number of guanidine groups is 1. The molecule has 0 spiro atoms. The minimum atomic E-state index is -0.255. The molecule has 0 fully saturated rings. The third-order valence-electron chi connectivity index (χ3n) is 2.11. The van der Waals surface area contributed by atoms with Crippen molar-refractivity contribution in [2.75, 3.05) is 28.2 Å².